The third kappa shape index (κ3) is 1.97. The average molecular weight is 154 g/mol. The van der Waals surface area contributed by atoms with E-state index in [9.17, 15) is 0 Å². The van der Waals surface area contributed by atoms with E-state index in [1.165, 1.54) is 6.08 Å². The molecule has 0 aromatic heterocycles. The normalized spacial score (nSPS) is 9.17. The Morgan fingerprint density at radius 3 is 2.75 bits per heavy atom. The van der Waals surface area contributed by atoms with Gasteiger partial charge in [0, 0.05) is 6.08 Å². The first kappa shape index (κ1) is 8.04. The predicted octanol–water partition coefficient (Wildman–Crippen LogP) is 2.10. The van der Waals surface area contributed by atoms with E-state index in [2.05, 4.69) is 0 Å². The lowest BCUT2D eigenvalue weighted by molar-refractivity contribution is 1.48. The molecular weight excluding hydrogens is 148 g/mol. The number of benzene rings is 1. The molecule has 0 aliphatic rings. The van der Waals surface area contributed by atoms with Crippen molar-refractivity contribution < 1.29 is 0 Å². The van der Waals surface area contributed by atoms with E-state index in [1.54, 1.807) is 24.3 Å². The summed E-state index contributed by atoms with van der Waals surface area (Å²) < 4.78 is 0. The van der Waals surface area contributed by atoms with Gasteiger partial charge in [-0.1, -0.05) is 12.1 Å². The molecule has 12 heavy (non-hydrogen) atoms. The van der Waals surface area contributed by atoms with Gasteiger partial charge in [-0.15, -0.1) is 0 Å². The Hall–Kier alpha value is -2.06. The highest BCUT2D eigenvalue weighted by Crippen LogP contribution is 2.05. The van der Waals surface area contributed by atoms with Crippen LogP contribution in [0.2, 0.25) is 0 Å². The SMILES string of the molecule is N#C/C=C/c1cccc(C#N)c1. The quantitative estimate of drug-likeness (QED) is 0.581. The minimum absolute atomic E-state index is 0.607. The summed E-state index contributed by atoms with van der Waals surface area (Å²) in [7, 11) is 0. The summed E-state index contributed by atoms with van der Waals surface area (Å²) in [5, 5.41) is 16.8. The second kappa shape index (κ2) is 3.95. The fourth-order valence-electron chi connectivity index (χ4n) is 0.845. The van der Waals surface area contributed by atoms with Crippen LogP contribution in [-0.2, 0) is 0 Å². The third-order valence-corrected chi connectivity index (χ3v) is 1.37. The van der Waals surface area contributed by atoms with Gasteiger partial charge in [0.25, 0.3) is 0 Å². The highest BCUT2D eigenvalue weighted by molar-refractivity contribution is 5.54. The van der Waals surface area contributed by atoms with Crippen LogP contribution in [-0.4, -0.2) is 0 Å². The van der Waals surface area contributed by atoms with Crippen molar-refractivity contribution in [1.29, 1.82) is 10.5 Å². The zero-order valence-electron chi connectivity index (χ0n) is 6.36. The second-order valence-corrected chi connectivity index (χ2v) is 2.20. The van der Waals surface area contributed by atoms with Crippen LogP contribution in [0.25, 0.3) is 6.08 Å². The van der Waals surface area contributed by atoms with Crippen molar-refractivity contribution in [3.63, 3.8) is 0 Å². The van der Waals surface area contributed by atoms with E-state index in [0.717, 1.165) is 5.56 Å². The van der Waals surface area contributed by atoms with E-state index in [4.69, 9.17) is 10.5 Å². The summed E-state index contributed by atoms with van der Waals surface area (Å²) in [5.74, 6) is 0. The summed E-state index contributed by atoms with van der Waals surface area (Å²) in [6.07, 6.45) is 3.05. The molecule has 56 valence electrons. The zero-order valence-corrected chi connectivity index (χ0v) is 6.36. The van der Waals surface area contributed by atoms with Gasteiger partial charge in [0.05, 0.1) is 17.7 Å². The van der Waals surface area contributed by atoms with Crippen LogP contribution in [0.4, 0.5) is 0 Å². The van der Waals surface area contributed by atoms with Gasteiger partial charge in [-0.25, -0.2) is 0 Å². The maximum Gasteiger partial charge on any atom is 0.0991 e. The van der Waals surface area contributed by atoms with Crippen molar-refractivity contribution >= 4 is 6.08 Å². The van der Waals surface area contributed by atoms with Crippen molar-refractivity contribution in [1.82, 2.24) is 0 Å². The lowest BCUT2D eigenvalue weighted by Crippen LogP contribution is -1.75. The molecule has 1 rings (SSSR count). The van der Waals surface area contributed by atoms with Crippen molar-refractivity contribution in [2.45, 2.75) is 0 Å². The van der Waals surface area contributed by atoms with Crippen LogP contribution < -0.4 is 0 Å². The molecule has 1 aromatic carbocycles. The molecule has 0 atom stereocenters. The molecule has 0 saturated heterocycles. The van der Waals surface area contributed by atoms with Crippen LogP contribution in [0.5, 0.6) is 0 Å². The van der Waals surface area contributed by atoms with Crippen LogP contribution in [0.3, 0.4) is 0 Å². The monoisotopic (exact) mass is 154 g/mol. The van der Waals surface area contributed by atoms with Gasteiger partial charge in [0.2, 0.25) is 0 Å². The Morgan fingerprint density at radius 1 is 1.25 bits per heavy atom. The molecule has 0 N–H and O–H groups in total. The lowest BCUT2D eigenvalue weighted by atomic mass is 10.1. The Kier molecular flexibility index (Phi) is 2.65. The summed E-state index contributed by atoms with van der Waals surface area (Å²) in [5.41, 5.74) is 1.48. The molecule has 0 spiro atoms. The zero-order chi connectivity index (χ0) is 8.81. The molecule has 0 unspecified atom stereocenters. The van der Waals surface area contributed by atoms with Crippen molar-refractivity contribution in [2.75, 3.05) is 0 Å². The van der Waals surface area contributed by atoms with Crippen LogP contribution in [0.15, 0.2) is 30.3 Å². The molecule has 0 amide bonds. The van der Waals surface area contributed by atoms with Crippen LogP contribution >= 0.6 is 0 Å². The summed E-state index contributed by atoms with van der Waals surface area (Å²) in [6.45, 7) is 0. The molecule has 0 saturated carbocycles. The molecule has 0 bridgehead atoms. The van der Waals surface area contributed by atoms with Crippen molar-refractivity contribution in [3.05, 3.63) is 41.5 Å². The van der Waals surface area contributed by atoms with Gasteiger partial charge in [-0.3, -0.25) is 0 Å². The molecule has 0 aliphatic heterocycles. The molecule has 0 radical (unpaired) electrons. The van der Waals surface area contributed by atoms with E-state index in [-0.39, 0.29) is 0 Å². The highest BCUT2D eigenvalue weighted by atomic mass is 14.2. The van der Waals surface area contributed by atoms with Gasteiger partial charge >= 0.3 is 0 Å². The molecule has 0 aliphatic carbocycles. The smallest absolute Gasteiger partial charge is 0.0991 e. The van der Waals surface area contributed by atoms with Crippen molar-refractivity contribution in [2.24, 2.45) is 0 Å². The van der Waals surface area contributed by atoms with Gasteiger partial charge < -0.3 is 0 Å². The largest absolute Gasteiger partial charge is 0.193 e. The standard InChI is InChI=1S/C10H6N2/c11-6-2-5-9-3-1-4-10(7-9)8-12/h1-5,7H/b5-2+. The van der Waals surface area contributed by atoms with Gasteiger partial charge in [0.1, 0.15) is 0 Å². The van der Waals surface area contributed by atoms with Crippen LogP contribution in [0.1, 0.15) is 11.1 Å². The predicted molar refractivity (Wildman–Crippen MR) is 45.8 cm³/mol. The number of allylic oxidation sites excluding steroid dienone is 1. The number of nitrogens with zero attached hydrogens (tertiary/aromatic N) is 2. The van der Waals surface area contributed by atoms with E-state index >= 15 is 0 Å². The maximum atomic E-state index is 8.55. The molecule has 0 heterocycles. The summed E-state index contributed by atoms with van der Waals surface area (Å²) >= 11 is 0. The highest BCUT2D eigenvalue weighted by Gasteiger charge is 1.89. The third-order valence-electron chi connectivity index (χ3n) is 1.37. The van der Waals surface area contributed by atoms with E-state index in [0.29, 0.717) is 5.56 Å². The first-order valence-corrected chi connectivity index (χ1v) is 3.43. The molecule has 1 aromatic rings. The molecule has 2 nitrogen and oxygen atoms in total. The first-order valence-electron chi connectivity index (χ1n) is 3.43. The molecule has 2 heteroatoms. The summed E-state index contributed by atoms with van der Waals surface area (Å²) in [6, 6.07) is 11.0. The Bertz CT molecular complexity index is 378. The lowest BCUT2D eigenvalue weighted by Gasteiger charge is -1.91. The first-order chi connectivity index (χ1) is 5.86. The number of rotatable bonds is 1. The maximum absolute atomic E-state index is 8.55. The van der Waals surface area contributed by atoms with Gasteiger partial charge in [-0.2, -0.15) is 10.5 Å². The molecular formula is C10H6N2. The number of nitriles is 2. The minimum Gasteiger partial charge on any atom is -0.193 e. The van der Waals surface area contributed by atoms with E-state index in [1.807, 2.05) is 18.2 Å². The Morgan fingerprint density at radius 2 is 2.08 bits per heavy atom. The second-order valence-electron chi connectivity index (χ2n) is 2.20. The number of hydrogen-bond donors (Lipinski definition) is 0. The number of hydrogen-bond acceptors (Lipinski definition) is 2. The molecule has 0 fully saturated rings. The minimum atomic E-state index is 0.607. The topological polar surface area (TPSA) is 47.6 Å². The summed E-state index contributed by atoms with van der Waals surface area (Å²) in [4.78, 5) is 0. The van der Waals surface area contributed by atoms with Gasteiger partial charge in [0.15, 0.2) is 0 Å². The Labute approximate surface area is 71.0 Å². The van der Waals surface area contributed by atoms with Gasteiger partial charge in [-0.05, 0) is 23.8 Å². The van der Waals surface area contributed by atoms with Crippen molar-refractivity contribution in [3.8, 4) is 12.1 Å². The Balaban J connectivity index is 2.98. The fourth-order valence-corrected chi connectivity index (χ4v) is 0.845. The van der Waals surface area contributed by atoms with Crippen LogP contribution in [0, 0.1) is 22.7 Å². The fraction of sp³-hybridized carbons (Fsp3) is 0. The van der Waals surface area contributed by atoms with E-state index < -0.39 is 0 Å². The average Bonchev–Trinajstić information content (AvgIpc) is 2.15.